The molecule has 0 amide bonds. The van der Waals surface area contributed by atoms with Gasteiger partial charge in [-0.25, -0.2) is 18.1 Å². The lowest BCUT2D eigenvalue weighted by molar-refractivity contribution is 0.496. The number of rotatable bonds is 4. The van der Waals surface area contributed by atoms with Gasteiger partial charge in [0, 0.05) is 22.3 Å². The van der Waals surface area contributed by atoms with Gasteiger partial charge < -0.3 is 10.2 Å². The zero-order chi connectivity index (χ0) is 15.8. The van der Waals surface area contributed by atoms with E-state index in [1.807, 2.05) is 13.0 Å². The summed E-state index contributed by atoms with van der Waals surface area (Å²) < 4.78 is 33.4. The maximum absolute atomic E-state index is 12.4. The van der Waals surface area contributed by atoms with Crippen molar-refractivity contribution in [2.75, 3.05) is 5.73 Å². The Balaban J connectivity index is 2.33. The first kappa shape index (κ1) is 16.0. The van der Waals surface area contributed by atoms with Crippen molar-refractivity contribution in [1.29, 1.82) is 0 Å². The number of nitrogens with zero attached hydrogens (tertiary/aromatic N) is 1. The summed E-state index contributed by atoms with van der Waals surface area (Å²) in [6.45, 7) is 5.35. The molecular formula is C13H16BrN3O3S. The Kier molecular flexibility index (Phi) is 4.40. The van der Waals surface area contributed by atoms with Crippen LogP contribution in [0, 0.1) is 13.8 Å². The number of furan rings is 1. The maximum Gasteiger partial charge on any atom is 0.244 e. The molecule has 21 heavy (non-hydrogen) atoms. The highest BCUT2D eigenvalue weighted by atomic mass is 79.9. The van der Waals surface area contributed by atoms with Gasteiger partial charge >= 0.3 is 0 Å². The first-order chi connectivity index (χ1) is 9.70. The van der Waals surface area contributed by atoms with E-state index in [-0.39, 0.29) is 10.7 Å². The molecule has 2 heterocycles. The van der Waals surface area contributed by atoms with Crippen LogP contribution in [0.25, 0.3) is 0 Å². The van der Waals surface area contributed by atoms with Crippen LogP contribution in [-0.4, -0.2) is 13.4 Å². The summed E-state index contributed by atoms with van der Waals surface area (Å²) in [5.74, 6) is 1.37. The third kappa shape index (κ3) is 3.45. The largest absolute Gasteiger partial charge is 0.466 e. The molecule has 2 aromatic rings. The normalized spacial score (nSPS) is 13.3. The number of halogens is 1. The predicted octanol–water partition coefficient (Wildman–Crippen LogP) is 2.68. The molecule has 114 valence electrons. The Labute approximate surface area is 131 Å². The molecule has 2 rings (SSSR count). The van der Waals surface area contributed by atoms with Gasteiger partial charge in [0.1, 0.15) is 22.2 Å². The number of nitrogens with one attached hydrogen (secondary N) is 1. The lowest BCUT2D eigenvalue weighted by Crippen LogP contribution is -2.28. The van der Waals surface area contributed by atoms with Crippen LogP contribution in [0.3, 0.4) is 0 Å². The van der Waals surface area contributed by atoms with Gasteiger partial charge in [-0.05, 0) is 48.8 Å². The third-order valence-electron chi connectivity index (χ3n) is 3.02. The molecule has 0 aliphatic heterocycles. The van der Waals surface area contributed by atoms with Crippen LogP contribution in [0.4, 0.5) is 5.82 Å². The third-order valence-corrected chi connectivity index (χ3v) is 5.02. The van der Waals surface area contributed by atoms with Gasteiger partial charge in [0.2, 0.25) is 10.0 Å². The molecule has 0 bridgehead atoms. The average Bonchev–Trinajstić information content (AvgIpc) is 2.71. The highest BCUT2D eigenvalue weighted by Gasteiger charge is 2.23. The highest BCUT2D eigenvalue weighted by Crippen LogP contribution is 2.25. The molecule has 1 unspecified atom stereocenters. The molecular weight excluding hydrogens is 358 g/mol. The molecule has 0 aromatic carbocycles. The summed E-state index contributed by atoms with van der Waals surface area (Å²) in [5.41, 5.74) is 6.44. The molecule has 0 aliphatic carbocycles. The lowest BCUT2D eigenvalue weighted by atomic mass is 10.1. The lowest BCUT2D eigenvalue weighted by Gasteiger charge is -2.14. The first-order valence-electron chi connectivity index (χ1n) is 6.21. The maximum atomic E-state index is 12.4. The molecule has 0 saturated heterocycles. The van der Waals surface area contributed by atoms with Gasteiger partial charge in [-0.2, -0.15) is 0 Å². The summed E-state index contributed by atoms with van der Waals surface area (Å²) in [5, 5.41) is 0. The topological polar surface area (TPSA) is 98.2 Å². The summed E-state index contributed by atoms with van der Waals surface area (Å²) in [4.78, 5) is 3.79. The minimum atomic E-state index is -3.78. The number of pyridine rings is 1. The van der Waals surface area contributed by atoms with E-state index in [9.17, 15) is 8.42 Å². The van der Waals surface area contributed by atoms with Gasteiger partial charge in [-0.3, -0.25) is 0 Å². The monoisotopic (exact) mass is 373 g/mol. The van der Waals surface area contributed by atoms with Crippen molar-refractivity contribution in [2.45, 2.75) is 31.7 Å². The van der Waals surface area contributed by atoms with Gasteiger partial charge in [0.05, 0.1) is 0 Å². The van der Waals surface area contributed by atoms with Crippen LogP contribution in [0.5, 0.6) is 0 Å². The van der Waals surface area contributed by atoms with Crippen molar-refractivity contribution in [3.8, 4) is 0 Å². The van der Waals surface area contributed by atoms with Crippen LogP contribution in [-0.2, 0) is 10.0 Å². The highest BCUT2D eigenvalue weighted by molar-refractivity contribution is 9.10. The van der Waals surface area contributed by atoms with Crippen molar-refractivity contribution < 1.29 is 12.8 Å². The van der Waals surface area contributed by atoms with E-state index in [1.54, 1.807) is 13.8 Å². The Morgan fingerprint density at radius 1 is 1.38 bits per heavy atom. The van der Waals surface area contributed by atoms with E-state index >= 15 is 0 Å². The van der Waals surface area contributed by atoms with Crippen LogP contribution in [0.2, 0.25) is 0 Å². The molecule has 0 saturated carbocycles. The SMILES string of the molecule is Cc1cc(C(C)NS(=O)(=O)c2cc(Br)cnc2N)c(C)o1. The molecule has 0 aliphatic rings. The molecule has 8 heteroatoms. The van der Waals surface area contributed by atoms with Gasteiger partial charge in [0.15, 0.2) is 0 Å². The second-order valence-corrected chi connectivity index (χ2v) is 7.35. The fourth-order valence-electron chi connectivity index (χ4n) is 2.09. The number of nitrogens with two attached hydrogens (primary N) is 1. The molecule has 3 N–H and O–H groups in total. The predicted molar refractivity (Wildman–Crippen MR) is 83.3 cm³/mol. The van der Waals surface area contributed by atoms with E-state index in [2.05, 4.69) is 25.6 Å². The quantitative estimate of drug-likeness (QED) is 0.858. The van der Waals surface area contributed by atoms with Crippen LogP contribution < -0.4 is 10.5 Å². The van der Waals surface area contributed by atoms with Crippen LogP contribution in [0.15, 0.2) is 32.1 Å². The second-order valence-electron chi connectivity index (χ2n) is 4.75. The zero-order valence-electron chi connectivity index (χ0n) is 11.8. The Morgan fingerprint density at radius 3 is 2.62 bits per heavy atom. The molecule has 1 atom stereocenters. The number of sulfonamides is 1. The molecule has 0 spiro atoms. The molecule has 2 aromatic heterocycles. The summed E-state index contributed by atoms with van der Waals surface area (Å²) >= 11 is 3.19. The summed E-state index contributed by atoms with van der Waals surface area (Å²) in [6.07, 6.45) is 1.45. The minimum absolute atomic E-state index is 0.0435. The fourth-order valence-corrected chi connectivity index (χ4v) is 3.90. The van der Waals surface area contributed by atoms with Gasteiger partial charge in [-0.1, -0.05) is 0 Å². The van der Waals surface area contributed by atoms with Crippen molar-refractivity contribution in [3.05, 3.63) is 39.9 Å². The number of aromatic nitrogens is 1. The average molecular weight is 374 g/mol. The van der Waals surface area contributed by atoms with Crippen LogP contribution in [0.1, 0.15) is 30.0 Å². The van der Waals surface area contributed by atoms with Gasteiger partial charge in [-0.15, -0.1) is 0 Å². The molecule has 0 radical (unpaired) electrons. The number of anilines is 1. The molecule has 6 nitrogen and oxygen atoms in total. The van der Waals surface area contributed by atoms with Crippen molar-refractivity contribution in [2.24, 2.45) is 0 Å². The van der Waals surface area contributed by atoms with Crippen molar-refractivity contribution in [3.63, 3.8) is 0 Å². The van der Waals surface area contributed by atoms with Crippen LogP contribution >= 0.6 is 15.9 Å². The zero-order valence-corrected chi connectivity index (χ0v) is 14.2. The Hall–Kier alpha value is -1.38. The second kappa shape index (κ2) is 5.78. The van der Waals surface area contributed by atoms with E-state index in [0.717, 1.165) is 11.3 Å². The first-order valence-corrected chi connectivity index (χ1v) is 8.48. The number of aryl methyl sites for hydroxylation is 2. The smallest absolute Gasteiger partial charge is 0.244 e. The summed E-state index contributed by atoms with van der Waals surface area (Å²) in [7, 11) is -3.78. The minimum Gasteiger partial charge on any atom is -0.466 e. The van der Waals surface area contributed by atoms with E-state index in [4.69, 9.17) is 10.2 Å². The number of hydrogen-bond donors (Lipinski definition) is 2. The molecule has 0 fully saturated rings. The summed E-state index contributed by atoms with van der Waals surface area (Å²) in [6, 6.07) is 2.79. The number of nitrogen functional groups attached to an aromatic ring is 1. The van der Waals surface area contributed by atoms with E-state index in [1.165, 1.54) is 12.3 Å². The van der Waals surface area contributed by atoms with Crippen molar-refractivity contribution in [1.82, 2.24) is 9.71 Å². The fraction of sp³-hybridized carbons (Fsp3) is 0.308. The van der Waals surface area contributed by atoms with E-state index < -0.39 is 16.1 Å². The van der Waals surface area contributed by atoms with Gasteiger partial charge in [0.25, 0.3) is 0 Å². The Morgan fingerprint density at radius 2 is 2.05 bits per heavy atom. The van der Waals surface area contributed by atoms with E-state index in [0.29, 0.717) is 10.2 Å². The number of hydrogen-bond acceptors (Lipinski definition) is 5. The standard InChI is InChI=1S/C13H16BrN3O3S/c1-7-4-11(9(3)20-7)8(2)17-21(18,19)12-5-10(14)6-16-13(12)15/h4-6,8,17H,1-3H3,(H2,15,16). The Bertz CT molecular complexity index is 771. The van der Waals surface area contributed by atoms with Crippen molar-refractivity contribution >= 4 is 31.8 Å².